The number of esters is 1. The predicted molar refractivity (Wildman–Crippen MR) is 75.4 cm³/mol. The zero-order valence-corrected chi connectivity index (χ0v) is 12.8. The number of ether oxygens (including phenoxy) is 1. The van der Waals surface area contributed by atoms with Crippen molar-refractivity contribution in [3.63, 3.8) is 0 Å². The van der Waals surface area contributed by atoms with E-state index in [1.165, 1.54) is 19.3 Å². The van der Waals surface area contributed by atoms with Gasteiger partial charge in [0, 0.05) is 0 Å². The van der Waals surface area contributed by atoms with Crippen LogP contribution in [0.2, 0.25) is 0 Å². The second kappa shape index (κ2) is 6.08. The van der Waals surface area contributed by atoms with E-state index in [0.29, 0.717) is 5.92 Å². The van der Waals surface area contributed by atoms with Crippen LogP contribution in [-0.4, -0.2) is 11.6 Å². The van der Waals surface area contributed by atoms with E-state index >= 15 is 0 Å². The highest BCUT2D eigenvalue weighted by molar-refractivity contribution is 5.77. The van der Waals surface area contributed by atoms with E-state index in [4.69, 9.17) is 4.74 Å². The van der Waals surface area contributed by atoms with Crippen molar-refractivity contribution in [2.45, 2.75) is 85.2 Å². The fraction of sp³-hybridized carbons (Fsp3) is 0.938. The van der Waals surface area contributed by atoms with Gasteiger partial charge in [-0.3, -0.25) is 4.79 Å². The van der Waals surface area contributed by atoms with Gasteiger partial charge >= 0.3 is 5.97 Å². The topological polar surface area (TPSA) is 26.3 Å². The third kappa shape index (κ3) is 3.49. The van der Waals surface area contributed by atoms with E-state index in [2.05, 4.69) is 34.6 Å². The van der Waals surface area contributed by atoms with Crippen molar-refractivity contribution in [3.05, 3.63) is 0 Å². The molecule has 1 unspecified atom stereocenters. The van der Waals surface area contributed by atoms with Crippen LogP contribution >= 0.6 is 0 Å². The second-order valence-electron chi connectivity index (χ2n) is 6.72. The van der Waals surface area contributed by atoms with E-state index in [1.807, 2.05) is 0 Å². The summed E-state index contributed by atoms with van der Waals surface area (Å²) in [6.07, 6.45) is 7.66. The number of hydrogen-bond donors (Lipinski definition) is 0. The highest BCUT2D eigenvalue weighted by Gasteiger charge is 2.41. The molecule has 0 N–H and O–H groups in total. The molecule has 1 aliphatic rings. The lowest BCUT2D eigenvalue weighted by Gasteiger charge is -2.39. The van der Waals surface area contributed by atoms with Crippen LogP contribution in [-0.2, 0) is 9.53 Å². The van der Waals surface area contributed by atoms with Crippen LogP contribution in [0.5, 0.6) is 0 Å². The first-order valence-corrected chi connectivity index (χ1v) is 7.57. The van der Waals surface area contributed by atoms with Crippen LogP contribution in [0.4, 0.5) is 0 Å². The van der Waals surface area contributed by atoms with Gasteiger partial charge in [0.15, 0.2) is 0 Å². The van der Waals surface area contributed by atoms with Crippen LogP contribution in [0.25, 0.3) is 0 Å². The van der Waals surface area contributed by atoms with Gasteiger partial charge in [0.25, 0.3) is 0 Å². The molecule has 1 atom stereocenters. The van der Waals surface area contributed by atoms with Gasteiger partial charge in [0.05, 0.1) is 5.41 Å². The fourth-order valence-corrected chi connectivity index (χ4v) is 2.89. The Balaban J connectivity index is 2.72. The van der Waals surface area contributed by atoms with Crippen LogP contribution in [0, 0.1) is 11.3 Å². The zero-order valence-electron chi connectivity index (χ0n) is 12.8. The normalized spacial score (nSPS) is 22.6. The van der Waals surface area contributed by atoms with Gasteiger partial charge in [-0.1, -0.05) is 33.6 Å². The fourth-order valence-electron chi connectivity index (χ4n) is 2.89. The molecule has 1 saturated carbocycles. The van der Waals surface area contributed by atoms with E-state index in [0.717, 1.165) is 25.7 Å². The Morgan fingerprint density at radius 3 is 2.28 bits per heavy atom. The van der Waals surface area contributed by atoms with Crippen LogP contribution in [0.15, 0.2) is 0 Å². The highest BCUT2D eigenvalue weighted by Crippen LogP contribution is 2.38. The minimum absolute atomic E-state index is 0.0174. The number of hydrogen-bond acceptors (Lipinski definition) is 2. The lowest BCUT2D eigenvalue weighted by Crippen LogP contribution is -2.42. The third-order valence-electron chi connectivity index (χ3n) is 4.76. The molecular formula is C16H30O2. The van der Waals surface area contributed by atoms with Crippen molar-refractivity contribution >= 4 is 5.97 Å². The monoisotopic (exact) mass is 254 g/mol. The summed E-state index contributed by atoms with van der Waals surface area (Å²) in [6.45, 7) is 10.6. The Morgan fingerprint density at radius 2 is 1.83 bits per heavy atom. The molecule has 0 aromatic heterocycles. The zero-order chi connectivity index (χ0) is 13.8. The van der Waals surface area contributed by atoms with E-state index < -0.39 is 0 Å². The van der Waals surface area contributed by atoms with Crippen LogP contribution < -0.4 is 0 Å². The summed E-state index contributed by atoms with van der Waals surface area (Å²) >= 11 is 0. The molecule has 0 aromatic rings. The molecule has 0 aliphatic heterocycles. The Kier molecular flexibility index (Phi) is 5.24. The maximum atomic E-state index is 12.5. The minimum Gasteiger partial charge on any atom is -0.459 e. The number of carbonyl (C=O) groups excluding carboxylic acids is 1. The predicted octanol–water partition coefficient (Wildman–Crippen LogP) is 4.71. The summed E-state index contributed by atoms with van der Waals surface area (Å²) in [6, 6.07) is 0. The van der Waals surface area contributed by atoms with Gasteiger partial charge in [0.2, 0.25) is 0 Å². The minimum atomic E-state index is -0.324. The van der Waals surface area contributed by atoms with E-state index in [-0.39, 0.29) is 17.0 Å². The Labute approximate surface area is 112 Å². The molecule has 2 heteroatoms. The van der Waals surface area contributed by atoms with Crippen LogP contribution in [0.3, 0.4) is 0 Å². The van der Waals surface area contributed by atoms with Crippen molar-refractivity contribution in [2.24, 2.45) is 11.3 Å². The first-order chi connectivity index (χ1) is 8.34. The smallest absolute Gasteiger partial charge is 0.312 e. The number of rotatable bonds is 5. The van der Waals surface area contributed by atoms with Crippen molar-refractivity contribution in [3.8, 4) is 0 Å². The first-order valence-electron chi connectivity index (χ1n) is 7.57. The SMILES string of the molecule is CCCC(C)(C(=O)OC1(C)CCCCC1)C(C)C. The molecule has 18 heavy (non-hydrogen) atoms. The maximum Gasteiger partial charge on any atom is 0.312 e. The summed E-state index contributed by atoms with van der Waals surface area (Å²) in [5.41, 5.74) is -0.533. The van der Waals surface area contributed by atoms with Gasteiger partial charge in [-0.2, -0.15) is 0 Å². The molecular weight excluding hydrogens is 224 g/mol. The van der Waals surface area contributed by atoms with Gasteiger partial charge in [-0.05, 0) is 51.9 Å². The Morgan fingerprint density at radius 1 is 1.28 bits per heavy atom. The van der Waals surface area contributed by atoms with Gasteiger partial charge < -0.3 is 4.74 Å². The van der Waals surface area contributed by atoms with E-state index in [1.54, 1.807) is 0 Å². The van der Waals surface area contributed by atoms with Crippen molar-refractivity contribution < 1.29 is 9.53 Å². The standard InChI is InChI=1S/C16H30O2/c1-6-10-16(5,13(2)3)14(17)18-15(4)11-8-7-9-12-15/h13H,6-12H2,1-5H3. The van der Waals surface area contributed by atoms with E-state index in [9.17, 15) is 4.79 Å². The molecule has 0 bridgehead atoms. The average Bonchev–Trinajstić information content (AvgIpc) is 2.29. The summed E-state index contributed by atoms with van der Waals surface area (Å²) in [5.74, 6) is 0.348. The lowest BCUT2D eigenvalue weighted by molar-refractivity contribution is -0.176. The molecule has 0 radical (unpaired) electrons. The molecule has 0 amide bonds. The third-order valence-corrected chi connectivity index (χ3v) is 4.76. The Hall–Kier alpha value is -0.530. The molecule has 1 fully saturated rings. The average molecular weight is 254 g/mol. The lowest BCUT2D eigenvalue weighted by atomic mass is 9.75. The van der Waals surface area contributed by atoms with Gasteiger partial charge in [-0.25, -0.2) is 0 Å². The van der Waals surface area contributed by atoms with Gasteiger partial charge in [-0.15, -0.1) is 0 Å². The van der Waals surface area contributed by atoms with Crippen molar-refractivity contribution in [1.29, 1.82) is 0 Å². The second-order valence-corrected chi connectivity index (χ2v) is 6.72. The quantitative estimate of drug-likeness (QED) is 0.664. The molecule has 0 saturated heterocycles. The maximum absolute atomic E-state index is 12.5. The Bertz CT molecular complexity index is 277. The molecule has 0 spiro atoms. The summed E-state index contributed by atoms with van der Waals surface area (Å²) in [5, 5.41) is 0. The first kappa shape index (κ1) is 15.5. The summed E-state index contributed by atoms with van der Waals surface area (Å²) in [7, 11) is 0. The molecule has 106 valence electrons. The van der Waals surface area contributed by atoms with Gasteiger partial charge in [0.1, 0.15) is 5.60 Å². The largest absolute Gasteiger partial charge is 0.459 e. The summed E-state index contributed by atoms with van der Waals surface area (Å²) in [4.78, 5) is 12.5. The molecule has 0 heterocycles. The van der Waals surface area contributed by atoms with Crippen LogP contribution in [0.1, 0.15) is 79.6 Å². The summed E-state index contributed by atoms with van der Waals surface area (Å²) < 4.78 is 5.92. The molecule has 0 aromatic carbocycles. The molecule has 2 nitrogen and oxygen atoms in total. The molecule has 1 rings (SSSR count). The van der Waals surface area contributed by atoms with Crippen molar-refractivity contribution in [2.75, 3.05) is 0 Å². The molecule has 1 aliphatic carbocycles. The number of carbonyl (C=O) groups is 1. The van der Waals surface area contributed by atoms with Crippen molar-refractivity contribution in [1.82, 2.24) is 0 Å². The highest BCUT2D eigenvalue weighted by atomic mass is 16.6.